The summed E-state index contributed by atoms with van der Waals surface area (Å²) in [5.74, 6) is 1.92. The Labute approximate surface area is 346 Å². The van der Waals surface area contributed by atoms with Gasteiger partial charge in [-0.1, -0.05) is 125 Å². The van der Waals surface area contributed by atoms with Crippen molar-refractivity contribution in [3.8, 4) is 34.4 Å². The quantitative estimate of drug-likeness (QED) is 0.179. The average Bonchev–Trinajstić information content (AvgIpc) is 3.92. The summed E-state index contributed by atoms with van der Waals surface area (Å²) in [4.78, 5) is 16.0. The molecule has 1 aliphatic carbocycles. The van der Waals surface area contributed by atoms with E-state index in [1.807, 2.05) is 17.4 Å². The van der Waals surface area contributed by atoms with Gasteiger partial charge in [0.15, 0.2) is 11.6 Å². The number of hydrogen-bond acceptors (Lipinski definition) is 4. The number of hydrogen-bond donors (Lipinski definition) is 0. The highest BCUT2D eigenvalue weighted by Crippen LogP contribution is 2.50. The van der Waals surface area contributed by atoms with Crippen LogP contribution >= 0.6 is 11.3 Å². The van der Waals surface area contributed by atoms with E-state index in [2.05, 4.69) is 182 Å². The van der Waals surface area contributed by atoms with E-state index in [4.69, 9.17) is 15.0 Å². The molecule has 1 aliphatic rings. The number of rotatable bonds is 4. The van der Waals surface area contributed by atoms with Crippen molar-refractivity contribution in [2.75, 3.05) is 0 Å². The van der Waals surface area contributed by atoms with Crippen LogP contribution in [0.3, 0.4) is 0 Å². The lowest BCUT2D eigenvalue weighted by Crippen LogP contribution is -2.33. The molecule has 12 rings (SSSR count). The van der Waals surface area contributed by atoms with E-state index in [9.17, 15) is 0 Å². The zero-order chi connectivity index (χ0) is 39.6. The van der Waals surface area contributed by atoms with Crippen molar-refractivity contribution in [3.63, 3.8) is 0 Å². The Morgan fingerprint density at radius 1 is 0.441 bits per heavy atom. The third kappa shape index (κ3) is 5.12. The normalized spacial score (nSPS) is 14.9. The Morgan fingerprint density at radius 3 is 1.80 bits per heavy atom. The number of benzene rings is 7. The van der Waals surface area contributed by atoms with Crippen LogP contribution in [-0.2, 0) is 10.8 Å². The maximum atomic E-state index is 5.44. The fraction of sp³-hybridized carbons (Fsp3) is 0.151. The van der Waals surface area contributed by atoms with Gasteiger partial charge in [0.25, 0.3) is 0 Å². The number of para-hydroxylation sites is 2. The lowest BCUT2D eigenvalue weighted by atomic mass is 9.63. The Morgan fingerprint density at radius 2 is 1.03 bits per heavy atom. The van der Waals surface area contributed by atoms with Crippen molar-refractivity contribution < 1.29 is 0 Å². The first-order valence-electron chi connectivity index (χ1n) is 20.6. The maximum Gasteiger partial charge on any atom is 0.238 e. The SMILES string of the molecule is CC1(C)CCC(C)(C)c2cc3c(cc21)c1c2c4ccccc4n(-c4ccccc4)c2ccc1n3-c1nc(-c2ccccc2)nc(-c2ccc3c(c2)sc2ccccc23)n1. The molecule has 6 heteroatoms. The highest BCUT2D eigenvalue weighted by molar-refractivity contribution is 7.25. The predicted octanol–water partition coefficient (Wildman–Crippen LogP) is 14.1. The summed E-state index contributed by atoms with van der Waals surface area (Å²) in [6, 6.07) is 54.8. The smallest absolute Gasteiger partial charge is 0.238 e. The second-order valence-electron chi connectivity index (χ2n) is 17.5. The van der Waals surface area contributed by atoms with Crippen LogP contribution in [0.15, 0.2) is 152 Å². The van der Waals surface area contributed by atoms with Gasteiger partial charge in [-0.15, -0.1) is 11.3 Å². The van der Waals surface area contributed by atoms with E-state index in [0.29, 0.717) is 17.6 Å². The van der Waals surface area contributed by atoms with Crippen LogP contribution in [0, 0.1) is 0 Å². The number of fused-ring (bicyclic) bond motifs is 11. The third-order valence-corrected chi connectivity index (χ3v) is 14.2. The molecule has 4 heterocycles. The molecule has 59 heavy (non-hydrogen) atoms. The van der Waals surface area contributed by atoms with Crippen molar-refractivity contribution in [1.29, 1.82) is 0 Å². The van der Waals surface area contributed by atoms with Gasteiger partial charge in [-0.25, -0.2) is 4.98 Å². The number of nitrogens with zero attached hydrogens (tertiary/aromatic N) is 5. The summed E-state index contributed by atoms with van der Waals surface area (Å²) in [7, 11) is 0. The van der Waals surface area contributed by atoms with Crippen LogP contribution in [0.1, 0.15) is 51.7 Å². The van der Waals surface area contributed by atoms with Gasteiger partial charge in [0, 0.05) is 58.5 Å². The Kier molecular flexibility index (Phi) is 7.25. The van der Waals surface area contributed by atoms with Gasteiger partial charge >= 0.3 is 0 Å². The fourth-order valence-corrected chi connectivity index (χ4v) is 11.0. The molecular weight excluding hydrogens is 739 g/mol. The van der Waals surface area contributed by atoms with Crippen molar-refractivity contribution in [1.82, 2.24) is 24.1 Å². The zero-order valence-electron chi connectivity index (χ0n) is 33.5. The summed E-state index contributed by atoms with van der Waals surface area (Å²) in [6.07, 6.45) is 2.27. The van der Waals surface area contributed by atoms with E-state index in [-0.39, 0.29) is 10.8 Å². The van der Waals surface area contributed by atoms with Crippen LogP contribution in [0.25, 0.3) is 98.2 Å². The topological polar surface area (TPSA) is 48.5 Å². The first-order valence-corrected chi connectivity index (χ1v) is 21.4. The first-order chi connectivity index (χ1) is 28.7. The van der Waals surface area contributed by atoms with Crippen LogP contribution in [0.5, 0.6) is 0 Å². The number of aromatic nitrogens is 5. The van der Waals surface area contributed by atoms with Crippen LogP contribution in [0.4, 0.5) is 0 Å². The van der Waals surface area contributed by atoms with Gasteiger partial charge in [-0.2, -0.15) is 9.97 Å². The van der Waals surface area contributed by atoms with Crippen LogP contribution in [0.2, 0.25) is 0 Å². The van der Waals surface area contributed by atoms with Crippen LogP contribution in [-0.4, -0.2) is 24.1 Å². The molecule has 0 bridgehead atoms. The van der Waals surface area contributed by atoms with E-state index < -0.39 is 0 Å². The molecule has 0 atom stereocenters. The average molecular weight is 780 g/mol. The molecule has 0 radical (unpaired) electrons. The molecule has 0 unspecified atom stereocenters. The molecule has 0 N–H and O–H groups in total. The second kappa shape index (κ2) is 12.4. The highest BCUT2D eigenvalue weighted by Gasteiger charge is 2.38. The van der Waals surface area contributed by atoms with Gasteiger partial charge in [-0.3, -0.25) is 4.57 Å². The molecule has 4 aromatic heterocycles. The standard InChI is InChI=1S/C53H41N5S/c1-52(2)27-28-53(3,4)40-31-44-38(30-39(40)52)48-43(26-25-42-47(48)37-20-11-13-21-41(37)57(42)34-17-9-6-10-18-34)58(44)51-55-49(32-15-7-5-8-16-32)54-50(56-51)33-23-24-36-35-19-12-14-22-45(35)59-46(36)29-33/h5-26,29-31H,27-28H2,1-4H3. The van der Waals surface area contributed by atoms with Crippen molar-refractivity contribution >= 4 is 75.1 Å². The Balaban J connectivity index is 1.22. The molecule has 0 saturated heterocycles. The lowest BCUT2D eigenvalue weighted by molar-refractivity contribution is 0.332. The largest absolute Gasteiger partial charge is 0.309 e. The second-order valence-corrected chi connectivity index (χ2v) is 18.6. The molecule has 0 aliphatic heterocycles. The molecule has 7 aromatic carbocycles. The molecule has 0 amide bonds. The Hall–Kier alpha value is -6.63. The monoisotopic (exact) mass is 779 g/mol. The van der Waals surface area contributed by atoms with E-state index in [1.165, 1.54) is 63.9 Å². The van der Waals surface area contributed by atoms with Gasteiger partial charge < -0.3 is 4.57 Å². The minimum absolute atomic E-state index is 0.0120. The molecule has 0 spiro atoms. The van der Waals surface area contributed by atoms with Crippen molar-refractivity contribution in [2.45, 2.75) is 51.4 Å². The van der Waals surface area contributed by atoms with Gasteiger partial charge in [-0.05, 0) is 89.4 Å². The molecule has 0 fully saturated rings. The summed E-state index contributed by atoms with van der Waals surface area (Å²) in [5.41, 5.74) is 10.5. The van der Waals surface area contributed by atoms with Crippen molar-refractivity contribution in [2.24, 2.45) is 0 Å². The maximum absolute atomic E-state index is 5.44. The minimum Gasteiger partial charge on any atom is -0.309 e. The summed E-state index contributed by atoms with van der Waals surface area (Å²) >= 11 is 1.81. The zero-order valence-corrected chi connectivity index (χ0v) is 34.3. The number of thiophene rings is 1. The van der Waals surface area contributed by atoms with Gasteiger partial charge in [0.05, 0.1) is 22.1 Å². The van der Waals surface area contributed by atoms with E-state index in [1.54, 1.807) is 0 Å². The van der Waals surface area contributed by atoms with E-state index >= 15 is 0 Å². The Bertz CT molecular complexity index is 3500. The molecule has 0 saturated carbocycles. The summed E-state index contributed by atoms with van der Waals surface area (Å²) in [5, 5.41) is 7.45. The predicted molar refractivity (Wildman–Crippen MR) is 248 cm³/mol. The first kappa shape index (κ1) is 34.4. The lowest BCUT2D eigenvalue weighted by Gasteiger charge is -2.42. The van der Waals surface area contributed by atoms with Gasteiger partial charge in [0.1, 0.15) is 0 Å². The fourth-order valence-electron chi connectivity index (χ4n) is 9.87. The van der Waals surface area contributed by atoms with Crippen LogP contribution < -0.4 is 0 Å². The molecule has 5 nitrogen and oxygen atoms in total. The highest BCUT2D eigenvalue weighted by atomic mass is 32.1. The van der Waals surface area contributed by atoms with E-state index in [0.717, 1.165) is 40.7 Å². The molecule has 11 aromatic rings. The molecular formula is C53H41N5S. The minimum atomic E-state index is 0.0120. The summed E-state index contributed by atoms with van der Waals surface area (Å²) < 4.78 is 7.24. The molecule has 284 valence electrons. The van der Waals surface area contributed by atoms with Gasteiger partial charge in [0.2, 0.25) is 5.95 Å². The van der Waals surface area contributed by atoms with Crippen molar-refractivity contribution in [3.05, 3.63) is 163 Å². The third-order valence-electron chi connectivity index (χ3n) is 13.0. The summed E-state index contributed by atoms with van der Waals surface area (Å²) in [6.45, 7) is 9.65.